The summed E-state index contributed by atoms with van der Waals surface area (Å²) in [7, 11) is 0. The molecule has 0 aromatic rings. The Morgan fingerprint density at radius 3 is 2.67 bits per heavy atom. The summed E-state index contributed by atoms with van der Waals surface area (Å²) >= 11 is 0. The summed E-state index contributed by atoms with van der Waals surface area (Å²) in [4.78, 5) is 4.22. The van der Waals surface area contributed by atoms with Gasteiger partial charge in [0.25, 0.3) is 0 Å². The summed E-state index contributed by atoms with van der Waals surface area (Å²) in [5, 5.41) is 12.8. The zero-order valence-electron chi connectivity index (χ0n) is 8.66. The first-order chi connectivity index (χ1) is 7.29. The van der Waals surface area contributed by atoms with Crippen molar-refractivity contribution >= 4 is 6.21 Å². The van der Waals surface area contributed by atoms with Crippen LogP contribution in [0.3, 0.4) is 0 Å². The number of nitrogens with one attached hydrogen (secondary N) is 4. The fourth-order valence-electron chi connectivity index (χ4n) is 1.60. The van der Waals surface area contributed by atoms with Crippen LogP contribution in [0.15, 0.2) is 17.1 Å². The third kappa shape index (κ3) is 3.08. The highest BCUT2D eigenvalue weighted by molar-refractivity contribution is 5.59. The van der Waals surface area contributed by atoms with Crippen molar-refractivity contribution in [2.75, 3.05) is 19.6 Å². The van der Waals surface area contributed by atoms with Gasteiger partial charge in [0.15, 0.2) is 0 Å². The Labute approximate surface area is 89.4 Å². The molecule has 0 aromatic carbocycles. The summed E-state index contributed by atoms with van der Waals surface area (Å²) in [6.45, 7) is 2.49. The average molecular weight is 210 g/mol. The molecule has 0 radical (unpaired) electrons. The van der Waals surface area contributed by atoms with Gasteiger partial charge in [-0.15, -0.1) is 0 Å². The minimum atomic E-state index is -0.854. The van der Waals surface area contributed by atoms with Crippen molar-refractivity contribution < 1.29 is 0 Å². The largest absolute Gasteiger partial charge is 0.286 e. The van der Waals surface area contributed by atoms with E-state index in [1.165, 1.54) is 0 Å². The number of aliphatic imine (C=N–C) groups is 1. The van der Waals surface area contributed by atoms with Crippen molar-refractivity contribution in [2.45, 2.75) is 18.6 Å². The molecule has 2 aliphatic heterocycles. The molecule has 6 heteroatoms. The lowest BCUT2D eigenvalue weighted by molar-refractivity contribution is 0.206. The van der Waals surface area contributed by atoms with Crippen LogP contribution in [0.5, 0.6) is 0 Å². The molecular formula is C9H18N6. The van der Waals surface area contributed by atoms with Crippen molar-refractivity contribution in [3.63, 3.8) is 0 Å². The SMILES string of the molecule is NC1(NC2NCC=CCN2)N=CCCN1. The van der Waals surface area contributed by atoms with Gasteiger partial charge in [-0.25, -0.2) is 10.3 Å². The third-order valence-corrected chi connectivity index (χ3v) is 2.37. The highest BCUT2D eigenvalue weighted by Crippen LogP contribution is 1.99. The van der Waals surface area contributed by atoms with Crippen LogP contribution in [0.4, 0.5) is 0 Å². The van der Waals surface area contributed by atoms with Crippen molar-refractivity contribution in [1.82, 2.24) is 21.3 Å². The van der Waals surface area contributed by atoms with Gasteiger partial charge in [0.2, 0.25) is 5.91 Å². The van der Waals surface area contributed by atoms with Gasteiger partial charge in [-0.05, 0) is 6.42 Å². The van der Waals surface area contributed by atoms with Gasteiger partial charge in [0.1, 0.15) is 6.29 Å². The van der Waals surface area contributed by atoms with Crippen molar-refractivity contribution in [3.05, 3.63) is 12.2 Å². The minimum absolute atomic E-state index is 0.0345. The predicted octanol–water partition coefficient (Wildman–Crippen LogP) is -1.76. The van der Waals surface area contributed by atoms with Crippen molar-refractivity contribution in [2.24, 2.45) is 10.7 Å². The van der Waals surface area contributed by atoms with Gasteiger partial charge in [0, 0.05) is 25.8 Å². The maximum absolute atomic E-state index is 6.02. The summed E-state index contributed by atoms with van der Waals surface area (Å²) in [5.41, 5.74) is 6.02. The molecule has 0 saturated heterocycles. The molecule has 1 atom stereocenters. The maximum atomic E-state index is 6.02. The smallest absolute Gasteiger partial charge is 0.222 e. The first-order valence-electron chi connectivity index (χ1n) is 5.26. The standard InChI is InChI=1S/C9H18N6/c10-9(13-6-3-7-14-9)15-8-11-4-1-2-5-12-8/h1-2,6,8,11-12,14-15H,3-5,7,10H2. The normalized spacial score (nSPS) is 32.9. The topological polar surface area (TPSA) is 86.5 Å². The molecule has 1 unspecified atom stereocenters. The van der Waals surface area contributed by atoms with Crippen molar-refractivity contribution in [3.8, 4) is 0 Å². The van der Waals surface area contributed by atoms with E-state index in [9.17, 15) is 0 Å². The number of nitrogens with zero attached hydrogens (tertiary/aromatic N) is 1. The van der Waals surface area contributed by atoms with E-state index in [-0.39, 0.29) is 6.29 Å². The Kier molecular flexibility index (Phi) is 3.45. The van der Waals surface area contributed by atoms with Gasteiger partial charge in [-0.2, -0.15) is 0 Å². The molecule has 0 amide bonds. The quantitative estimate of drug-likeness (QED) is 0.275. The van der Waals surface area contributed by atoms with Gasteiger partial charge in [0.05, 0.1) is 0 Å². The summed E-state index contributed by atoms with van der Waals surface area (Å²) < 4.78 is 0. The van der Waals surface area contributed by atoms with Crippen LogP contribution in [0.25, 0.3) is 0 Å². The molecule has 2 heterocycles. The molecule has 84 valence electrons. The highest BCUT2D eigenvalue weighted by atomic mass is 15.5. The van der Waals surface area contributed by atoms with Crippen LogP contribution in [-0.4, -0.2) is 38.0 Å². The van der Waals surface area contributed by atoms with E-state index in [2.05, 4.69) is 38.4 Å². The number of nitrogens with two attached hydrogens (primary N) is 1. The fraction of sp³-hybridized carbons (Fsp3) is 0.667. The lowest BCUT2D eigenvalue weighted by atomic mass is 10.4. The highest BCUT2D eigenvalue weighted by Gasteiger charge is 2.27. The second-order valence-corrected chi connectivity index (χ2v) is 3.66. The van der Waals surface area contributed by atoms with Gasteiger partial charge in [-0.3, -0.25) is 21.7 Å². The van der Waals surface area contributed by atoms with Gasteiger partial charge in [-0.1, -0.05) is 12.2 Å². The molecule has 0 saturated carbocycles. The molecule has 15 heavy (non-hydrogen) atoms. The molecule has 2 aliphatic rings. The van der Waals surface area contributed by atoms with Crippen LogP contribution >= 0.6 is 0 Å². The van der Waals surface area contributed by atoms with Crippen LogP contribution in [0, 0.1) is 0 Å². The second-order valence-electron chi connectivity index (χ2n) is 3.66. The Bertz CT molecular complexity index is 253. The van der Waals surface area contributed by atoms with E-state index in [0.717, 1.165) is 26.1 Å². The van der Waals surface area contributed by atoms with E-state index in [1.54, 1.807) is 0 Å². The molecule has 0 aliphatic carbocycles. The lowest BCUT2D eigenvalue weighted by Gasteiger charge is -2.34. The Balaban J connectivity index is 1.89. The molecule has 0 bridgehead atoms. The monoisotopic (exact) mass is 210 g/mol. The van der Waals surface area contributed by atoms with E-state index in [4.69, 9.17) is 5.73 Å². The Morgan fingerprint density at radius 1 is 1.33 bits per heavy atom. The van der Waals surface area contributed by atoms with E-state index in [1.807, 2.05) is 6.21 Å². The zero-order valence-corrected chi connectivity index (χ0v) is 8.66. The molecule has 2 rings (SSSR count). The molecule has 0 aromatic heterocycles. The number of hydrogen-bond donors (Lipinski definition) is 5. The Hall–Kier alpha value is -0.790. The van der Waals surface area contributed by atoms with E-state index >= 15 is 0 Å². The van der Waals surface area contributed by atoms with Gasteiger partial charge < -0.3 is 0 Å². The van der Waals surface area contributed by atoms with Gasteiger partial charge >= 0.3 is 0 Å². The first kappa shape index (κ1) is 10.7. The second kappa shape index (κ2) is 4.82. The molecule has 0 fully saturated rings. The molecule has 0 spiro atoms. The third-order valence-electron chi connectivity index (χ3n) is 2.37. The van der Waals surface area contributed by atoms with Crippen LogP contribution in [0.1, 0.15) is 6.42 Å². The summed E-state index contributed by atoms with van der Waals surface area (Å²) in [6, 6.07) is 0. The Morgan fingerprint density at radius 2 is 2.07 bits per heavy atom. The van der Waals surface area contributed by atoms with Crippen LogP contribution < -0.4 is 27.0 Å². The first-order valence-corrected chi connectivity index (χ1v) is 5.26. The minimum Gasteiger partial charge on any atom is -0.286 e. The molecular weight excluding hydrogens is 192 g/mol. The zero-order chi connectivity index (χ0) is 10.6. The van der Waals surface area contributed by atoms with Crippen LogP contribution in [-0.2, 0) is 0 Å². The van der Waals surface area contributed by atoms with Crippen molar-refractivity contribution in [1.29, 1.82) is 0 Å². The molecule has 6 N–H and O–H groups in total. The summed E-state index contributed by atoms with van der Waals surface area (Å²) in [6.07, 6.45) is 6.89. The predicted molar refractivity (Wildman–Crippen MR) is 60.1 cm³/mol. The maximum Gasteiger partial charge on any atom is 0.222 e. The number of hydrogen-bond acceptors (Lipinski definition) is 6. The lowest BCUT2D eigenvalue weighted by Crippen LogP contribution is -2.71. The van der Waals surface area contributed by atoms with E-state index in [0.29, 0.717) is 0 Å². The fourth-order valence-corrected chi connectivity index (χ4v) is 1.60. The van der Waals surface area contributed by atoms with E-state index < -0.39 is 5.91 Å². The van der Waals surface area contributed by atoms with Crippen LogP contribution in [0.2, 0.25) is 0 Å². The number of rotatable bonds is 2. The average Bonchev–Trinajstić information content (AvgIpc) is 2.47. The summed E-state index contributed by atoms with van der Waals surface area (Å²) in [5.74, 6) is -0.854. The molecule has 6 nitrogen and oxygen atoms in total.